The van der Waals surface area contributed by atoms with Crippen LogP contribution in [0.2, 0.25) is 0 Å². The van der Waals surface area contributed by atoms with Gasteiger partial charge in [0.05, 0.1) is 34.9 Å². The zero-order valence-electron chi connectivity index (χ0n) is 22.4. The number of ketones is 1. The van der Waals surface area contributed by atoms with Crippen molar-refractivity contribution in [1.82, 2.24) is 4.98 Å². The number of aryl methyl sites for hydroxylation is 1. The topological polar surface area (TPSA) is 100 Å². The summed E-state index contributed by atoms with van der Waals surface area (Å²) in [6.07, 6.45) is 0. The summed E-state index contributed by atoms with van der Waals surface area (Å²) in [5.74, 6) is -2.42. The van der Waals surface area contributed by atoms with Crippen molar-refractivity contribution in [2.24, 2.45) is 0 Å². The number of esters is 1. The number of methoxy groups -OCH3 is 1. The monoisotopic (exact) mass is 553 g/mol. The van der Waals surface area contributed by atoms with Crippen molar-refractivity contribution in [3.05, 3.63) is 112 Å². The number of rotatable bonds is 7. The predicted molar refractivity (Wildman–Crippen MR) is 155 cm³/mol. The van der Waals surface area contributed by atoms with Crippen molar-refractivity contribution in [2.45, 2.75) is 13.0 Å². The quantitative estimate of drug-likeness (QED) is 0.230. The molecule has 0 radical (unpaired) electrons. The lowest BCUT2D eigenvalue weighted by Gasteiger charge is -2.27. The molecule has 9 heteroatoms. The first-order valence-electron chi connectivity index (χ1n) is 12.5. The van der Waals surface area contributed by atoms with Gasteiger partial charge in [-0.2, -0.15) is 0 Å². The van der Waals surface area contributed by atoms with Crippen molar-refractivity contribution >= 4 is 40.4 Å². The van der Waals surface area contributed by atoms with Gasteiger partial charge in [-0.15, -0.1) is 11.3 Å². The molecule has 2 heterocycles. The molecule has 3 aromatic carbocycles. The third-order valence-electron chi connectivity index (χ3n) is 6.75. The molecule has 1 aliphatic rings. The molecule has 1 aromatic heterocycles. The molecule has 1 N–H and O–H groups in total. The molecule has 0 saturated carbocycles. The van der Waals surface area contributed by atoms with Crippen molar-refractivity contribution in [1.29, 1.82) is 0 Å². The van der Waals surface area contributed by atoms with E-state index >= 15 is 0 Å². The predicted octanol–water partition coefficient (Wildman–Crippen LogP) is 5.75. The fraction of sp³-hybridized carbons (Fsp3) is 0.161. The van der Waals surface area contributed by atoms with Gasteiger partial charge in [0.1, 0.15) is 5.01 Å². The normalized spacial score (nSPS) is 14.9. The van der Waals surface area contributed by atoms with Crippen LogP contribution in [0.3, 0.4) is 0 Å². The van der Waals surface area contributed by atoms with Gasteiger partial charge in [0, 0.05) is 31.0 Å². The number of aliphatic hydroxyl groups is 1. The van der Waals surface area contributed by atoms with Gasteiger partial charge in [-0.25, -0.2) is 9.78 Å². The van der Waals surface area contributed by atoms with Crippen molar-refractivity contribution in [2.75, 3.05) is 31.0 Å². The summed E-state index contributed by atoms with van der Waals surface area (Å²) in [7, 11) is 5.10. The van der Waals surface area contributed by atoms with Crippen molar-refractivity contribution in [3.63, 3.8) is 0 Å². The van der Waals surface area contributed by atoms with E-state index < -0.39 is 29.5 Å². The van der Waals surface area contributed by atoms with Gasteiger partial charge in [0.15, 0.2) is 5.76 Å². The summed E-state index contributed by atoms with van der Waals surface area (Å²) in [5.41, 5.74) is 3.47. The zero-order valence-corrected chi connectivity index (χ0v) is 23.2. The molecule has 1 unspecified atom stereocenters. The van der Waals surface area contributed by atoms with E-state index in [0.29, 0.717) is 26.8 Å². The first-order chi connectivity index (χ1) is 19.2. The second-order valence-corrected chi connectivity index (χ2v) is 10.5. The van der Waals surface area contributed by atoms with Crippen LogP contribution < -0.4 is 9.80 Å². The average Bonchev–Trinajstić information content (AvgIpc) is 3.49. The van der Waals surface area contributed by atoms with Crippen LogP contribution >= 0.6 is 11.3 Å². The first kappa shape index (κ1) is 26.8. The minimum Gasteiger partial charge on any atom is -0.503 e. The standard InChI is InChI=1S/C31H27N3O5S/c1-18-28(40-29(32-18)20-9-6-5-7-10-20)26(35)24-25(19-13-15-22(16-14-19)33(2)3)34(30(37)27(24)36)23-12-8-11-21(17-23)31(38)39-4/h5-17,25,36H,1-4H3. The van der Waals surface area contributed by atoms with E-state index in [0.717, 1.165) is 11.3 Å². The number of Topliss-reactive ketones (excluding diaryl/α,β-unsaturated/α-hetero) is 1. The Morgan fingerprint density at radius 1 is 1.00 bits per heavy atom. The van der Waals surface area contributed by atoms with Gasteiger partial charge >= 0.3 is 5.97 Å². The van der Waals surface area contributed by atoms with E-state index in [1.807, 2.05) is 73.6 Å². The number of hydrogen-bond acceptors (Lipinski definition) is 8. The molecule has 0 saturated heterocycles. The lowest BCUT2D eigenvalue weighted by Crippen LogP contribution is -2.31. The Bertz CT molecular complexity index is 1640. The fourth-order valence-corrected chi connectivity index (χ4v) is 5.73. The average molecular weight is 554 g/mol. The molecule has 0 aliphatic carbocycles. The lowest BCUT2D eigenvalue weighted by molar-refractivity contribution is -0.117. The number of ether oxygens (including phenoxy) is 1. The highest BCUT2D eigenvalue weighted by atomic mass is 32.1. The Morgan fingerprint density at radius 2 is 1.70 bits per heavy atom. The lowest BCUT2D eigenvalue weighted by atomic mass is 9.94. The molecule has 0 spiro atoms. The molecule has 4 aromatic rings. The Kier molecular flexibility index (Phi) is 7.23. The van der Waals surface area contributed by atoms with E-state index in [-0.39, 0.29) is 11.1 Å². The molecule has 8 nitrogen and oxygen atoms in total. The summed E-state index contributed by atoms with van der Waals surface area (Å²) < 4.78 is 4.85. The minimum atomic E-state index is -0.939. The third-order valence-corrected chi connectivity index (χ3v) is 7.95. The van der Waals surface area contributed by atoms with Crippen LogP contribution in [0.25, 0.3) is 10.6 Å². The van der Waals surface area contributed by atoms with Gasteiger partial charge in [0.25, 0.3) is 5.91 Å². The van der Waals surface area contributed by atoms with Crippen LogP contribution in [0.1, 0.15) is 37.3 Å². The van der Waals surface area contributed by atoms with Gasteiger partial charge in [0.2, 0.25) is 5.78 Å². The molecule has 5 rings (SSSR count). The maximum absolute atomic E-state index is 14.1. The molecule has 40 heavy (non-hydrogen) atoms. The Labute approximate surface area is 235 Å². The number of anilines is 2. The number of nitrogens with zero attached hydrogens (tertiary/aromatic N) is 3. The molecule has 1 amide bonds. The largest absolute Gasteiger partial charge is 0.503 e. The van der Waals surface area contributed by atoms with E-state index in [9.17, 15) is 19.5 Å². The van der Waals surface area contributed by atoms with E-state index in [4.69, 9.17) is 4.74 Å². The number of amides is 1. The van der Waals surface area contributed by atoms with Crippen molar-refractivity contribution < 1.29 is 24.2 Å². The smallest absolute Gasteiger partial charge is 0.337 e. The SMILES string of the molecule is COC(=O)c1cccc(N2C(=O)C(O)=C(C(=O)c3sc(-c4ccccc4)nc3C)C2c2ccc(N(C)C)cc2)c1. The third kappa shape index (κ3) is 4.76. The Balaban J connectivity index is 1.64. The number of aliphatic hydroxyl groups excluding tert-OH is 1. The van der Waals surface area contributed by atoms with Crippen LogP contribution in [0.15, 0.2) is 90.2 Å². The minimum absolute atomic E-state index is 0.0440. The Hall–Kier alpha value is -4.76. The second kappa shape index (κ2) is 10.8. The molecule has 202 valence electrons. The van der Waals surface area contributed by atoms with Crippen LogP contribution in [0.4, 0.5) is 11.4 Å². The molecular weight excluding hydrogens is 526 g/mol. The van der Waals surface area contributed by atoms with E-state index in [1.165, 1.54) is 29.4 Å². The zero-order chi connectivity index (χ0) is 28.6. The molecule has 1 aliphatic heterocycles. The van der Waals surface area contributed by atoms with Crippen LogP contribution in [-0.2, 0) is 9.53 Å². The Morgan fingerprint density at radius 3 is 2.35 bits per heavy atom. The summed E-state index contributed by atoms with van der Waals surface area (Å²) >= 11 is 1.22. The van der Waals surface area contributed by atoms with Crippen molar-refractivity contribution in [3.8, 4) is 10.6 Å². The summed E-state index contributed by atoms with van der Waals surface area (Å²) in [4.78, 5) is 48.2. The number of carbonyl (C=O) groups is 3. The van der Waals surface area contributed by atoms with Gasteiger partial charge in [-0.3, -0.25) is 14.5 Å². The highest BCUT2D eigenvalue weighted by Crippen LogP contribution is 2.43. The molecule has 1 atom stereocenters. The molecular formula is C31H27N3O5S. The highest BCUT2D eigenvalue weighted by molar-refractivity contribution is 7.17. The fourth-order valence-electron chi connectivity index (χ4n) is 4.71. The number of thiazole rings is 1. The van der Waals surface area contributed by atoms with E-state index in [2.05, 4.69) is 4.98 Å². The number of hydrogen-bond donors (Lipinski definition) is 1. The summed E-state index contributed by atoms with van der Waals surface area (Å²) in [6, 6.07) is 22.3. The molecule has 0 fully saturated rings. The highest BCUT2D eigenvalue weighted by Gasteiger charge is 2.45. The van der Waals surface area contributed by atoms with Crippen LogP contribution in [0.5, 0.6) is 0 Å². The van der Waals surface area contributed by atoms with Crippen LogP contribution in [0, 0.1) is 6.92 Å². The summed E-state index contributed by atoms with van der Waals surface area (Å²) in [5, 5.41) is 11.9. The molecule has 0 bridgehead atoms. The first-order valence-corrected chi connectivity index (χ1v) is 13.3. The maximum atomic E-state index is 14.1. The summed E-state index contributed by atoms with van der Waals surface area (Å²) in [6.45, 7) is 1.74. The van der Waals surface area contributed by atoms with Gasteiger partial charge in [-0.1, -0.05) is 48.5 Å². The van der Waals surface area contributed by atoms with Crippen LogP contribution in [-0.4, -0.2) is 49.0 Å². The second-order valence-electron chi connectivity index (χ2n) is 9.50. The maximum Gasteiger partial charge on any atom is 0.337 e. The van der Waals surface area contributed by atoms with Gasteiger partial charge < -0.3 is 14.7 Å². The van der Waals surface area contributed by atoms with E-state index in [1.54, 1.807) is 25.1 Å². The number of benzene rings is 3. The number of aromatic nitrogens is 1. The van der Waals surface area contributed by atoms with Gasteiger partial charge in [-0.05, 0) is 42.8 Å². The number of carbonyl (C=O) groups excluding carboxylic acids is 3.